The number of piperidine rings is 1. The Morgan fingerprint density at radius 3 is 2.78 bits per heavy atom. The summed E-state index contributed by atoms with van der Waals surface area (Å²) in [5.41, 5.74) is 1.13. The van der Waals surface area contributed by atoms with Gasteiger partial charge in [0.2, 0.25) is 5.91 Å². The van der Waals surface area contributed by atoms with Crippen LogP contribution in [0.4, 0.5) is 11.5 Å². The van der Waals surface area contributed by atoms with Crippen molar-refractivity contribution in [1.82, 2.24) is 9.88 Å². The molecule has 0 aliphatic carbocycles. The molecule has 0 saturated carbocycles. The second-order valence-electron chi connectivity index (χ2n) is 8.47. The summed E-state index contributed by atoms with van der Waals surface area (Å²) in [5, 5.41) is 3.32. The van der Waals surface area contributed by atoms with Gasteiger partial charge >= 0.3 is 0 Å². The topological polar surface area (TPSA) is 48.9 Å². The molecule has 0 N–H and O–H groups in total. The molecule has 32 heavy (non-hydrogen) atoms. The number of aromatic nitrogens is 1. The number of thiophene rings is 1. The van der Waals surface area contributed by atoms with Crippen LogP contribution < -0.4 is 14.5 Å². The van der Waals surface area contributed by atoms with E-state index in [-0.39, 0.29) is 5.92 Å². The predicted molar refractivity (Wildman–Crippen MR) is 131 cm³/mol. The Hall–Kier alpha value is -2.80. The first kappa shape index (κ1) is 21.1. The third kappa shape index (κ3) is 4.13. The number of carbonyl (C=O) groups is 1. The lowest BCUT2D eigenvalue weighted by Crippen LogP contribution is -2.52. The van der Waals surface area contributed by atoms with E-state index < -0.39 is 0 Å². The second-order valence-corrected chi connectivity index (χ2v) is 9.41. The van der Waals surface area contributed by atoms with Crippen LogP contribution in [0.15, 0.2) is 48.0 Å². The summed E-state index contributed by atoms with van der Waals surface area (Å²) in [6.07, 6.45) is 3.88. The molecule has 3 aromatic rings. The van der Waals surface area contributed by atoms with Gasteiger partial charge in [-0.15, -0.1) is 11.3 Å². The van der Waals surface area contributed by atoms with Gasteiger partial charge in [0.1, 0.15) is 11.6 Å². The Balaban J connectivity index is 1.23. The van der Waals surface area contributed by atoms with Crippen LogP contribution in [0.5, 0.6) is 5.75 Å². The smallest absolute Gasteiger partial charge is 0.227 e. The molecule has 0 bridgehead atoms. The van der Waals surface area contributed by atoms with E-state index in [2.05, 4.69) is 43.3 Å². The molecule has 168 valence electrons. The van der Waals surface area contributed by atoms with Gasteiger partial charge in [-0.05, 0) is 49.4 Å². The number of hydrogen-bond donors (Lipinski definition) is 0. The predicted octanol–water partition coefficient (Wildman–Crippen LogP) is 4.26. The number of amides is 1. The Morgan fingerprint density at radius 1 is 1.09 bits per heavy atom. The lowest BCUT2D eigenvalue weighted by molar-refractivity contribution is -0.136. The minimum Gasteiger partial charge on any atom is -0.492 e. The van der Waals surface area contributed by atoms with E-state index in [1.54, 1.807) is 11.3 Å². The van der Waals surface area contributed by atoms with Crippen LogP contribution in [0.3, 0.4) is 0 Å². The first-order chi connectivity index (χ1) is 15.7. The number of carbonyl (C=O) groups excluding carboxylic acids is 1. The molecule has 7 heteroatoms. The summed E-state index contributed by atoms with van der Waals surface area (Å²) in [4.78, 5) is 24.8. The summed E-state index contributed by atoms with van der Waals surface area (Å²) >= 11 is 1.74. The van der Waals surface area contributed by atoms with Gasteiger partial charge in [0.25, 0.3) is 0 Å². The molecule has 0 spiro atoms. The molecule has 2 aliphatic rings. The number of fused-ring (bicyclic) bond motifs is 1. The van der Waals surface area contributed by atoms with E-state index in [0.717, 1.165) is 69.4 Å². The zero-order valence-electron chi connectivity index (χ0n) is 18.6. The van der Waals surface area contributed by atoms with Gasteiger partial charge in [-0.3, -0.25) is 4.79 Å². The SMILES string of the molecule is CCOc1ccccc1N1CCN(C(=O)C2CCCN(c3nccc4sccc34)C2)CC1. The van der Waals surface area contributed by atoms with E-state index in [4.69, 9.17) is 4.74 Å². The van der Waals surface area contributed by atoms with E-state index in [1.807, 2.05) is 31.3 Å². The Labute approximate surface area is 193 Å². The summed E-state index contributed by atoms with van der Waals surface area (Å²) in [7, 11) is 0. The number of para-hydroxylation sites is 2. The summed E-state index contributed by atoms with van der Waals surface area (Å²) in [6.45, 7) is 7.57. The minimum absolute atomic E-state index is 0.0432. The van der Waals surface area contributed by atoms with Crippen LogP contribution in [-0.2, 0) is 4.79 Å². The van der Waals surface area contributed by atoms with Crippen molar-refractivity contribution in [3.8, 4) is 5.75 Å². The number of benzene rings is 1. The first-order valence-electron chi connectivity index (χ1n) is 11.6. The van der Waals surface area contributed by atoms with Crippen molar-refractivity contribution < 1.29 is 9.53 Å². The number of piperazine rings is 1. The van der Waals surface area contributed by atoms with E-state index in [1.165, 1.54) is 10.1 Å². The molecule has 1 atom stereocenters. The summed E-state index contributed by atoms with van der Waals surface area (Å²) in [5.74, 6) is 2.29. The Bertz CT molecular complexity index is 1080. The number of pyridine rings is 1. The highest BCUT2D eigenvalue weighted by molar-refractivity contribution is 7.17. The van der Waals surface area contributed by atoms with Crippen molar-refractivity contribution in [1.29, 1.82) is 0 Å². The van der Waals surface area contributed by atoms with Crippen LogP contribution in [-0.4, -0.2) is 61.7 Å². The lowest BCUT2D eigenvalue weighted by Gasteiger charge is -2.40. The first-order valence-corrected chi connectivity index (χ1v) is 12.5. The highest BCUT2D eigenvalue weighted by Gasteiger charge is 2.32. The van der Waals surface area contributed by atoms with E-state index >= 15 is 0 Å². The van der Waals surface area contributed by atoms with Crippen molar-refractivity contribution in [2.24, 2.45) is 5.92 Å². The van der Waals surface area contributed by atoms with Crippen LogP contribution in [0.25, 0.3) is 10.1 Å². The maximum absolute atomic E-state index is 13.4. The van der Waals surface area contributed by atoms with Gasteiger partial charge in [-0.2, -0.15) is 0 Å². The molecule has 2 fully saturated rings. The second kappa shape index (κ2) is 9.36. The van der Waals surface area contributed by atoms with E-state index in [9.17, 15) is 4.79 Å². The van der Waals surface area contributed by atoms with Crippen LogP contribution in [0.1, 0.15) is 19.8 Å². The van der Waals surface area contributed by atoms with Gasteiger partial charge in [0.15, 0.2) is 0 Å². The highest BCUT2D eigenvalue weighted by atomic mass is 32.1. The van der Waals surface area contributed by atoms with Crippen molar-refractivity contribution in [3.05, 3.63) is 48.0 Å². The number of ether oxygens (including phenoxy) is 1. The zero-order chi connectivity index (χ0) is 21.9. The van der Waals surface area contributed by atoms with Crippen molar-refractivity contribution >= 4 is 38.8 Å². The number of hydrogen-bond acceptors (Lipinski definition) is 6. The van der Waals surface area contributed by atoms with E-state index in [0.29, 0.717) is 12.5 Å². The van der Waals surface area contributed by atoms with Gasteiger partial charge < -0.3 is 19.4 Å². The maximum atomic E-state index is 13.4. The normalized spacial score (nSPS) is 19.4. The van der Waals surface area contributed by atoms with Crippen LogP contribution >= 0.6 is 11.3 Å². The molecule has 2 aromatic heterocycles. The number of anilines is 2. The van der Waals surface area contributed by atoms with Gasteiger partial charge in [-0.25, -0.2) is 4.98 Å². The Morgan fingerprint density at radius 2 is 1.94 bits per heavy atom. The van der Waals surface area contributed by atoms with Gasteiger partial charge in [-0.1, -0.05) is 12.1 Å². The summed E-state index contributed by atoms with van der Waals surface area (Å²) < 4.78 is 7.06. The van der Waals surface area contributed by atoms with Crippen LogP contribution in [0, 0.1) is 5.92 Å². The minimum atomic E-state index is 0.0432. The monoisotopic (exact) mass is 450 g/mol. The molecular formula is C25H30N4O2S. The average Bonchev–Trinajstić information content (AvgIpc) is 3.34. The molecule has 2 aliphatic heterocycles. The number of rotatable bonds is 5. The highest BCUT2D eigenvalue weighted by Crippen LogP contribution is 2.32. The molecule has 6 nitrogen and oxygen atoms in total. The van der Waals surface area contributed by atoms with Crippen molar-refractivity contribution in [3.63, 3.8) is 0 Å². The average molecular weight is 451 g/mol. The molecular weight excluding hydrogens is 420 g/mol. The lowest BCUT2D eigenvalue weighted by atomic mass is 9.96. The molecule has 4 heterocycles. The fourth-order valence-electron chi connectivity index (χ4n) is 4.92. The summed E-state index contributed by atoms with van der Waals surface area (Å²) in [6, 6.07) is 12.4. The fourth-order valence-corrected chi connectivity index (χ4v) is 5.70. The molecule has 1 amide bonds. The van der Waals surface area contributed by atoms with Crippen molar-refractivity contribution in [2.45, 2.75) is 19.8 Å². The Kier molecular flexibility index (Phi) is 6.17. The zero-order valence-corrected chi connectivity index (χ0v) is 19.4. The molecule has 0 radical (unpaired) electrons. The molecule has 1 aromatic carbocycles. The molecule has 5 rings (SSSR count). The molecule has 2 saturated heterocycles. The third-order valence-electron chi connectivity index (χ3n) is 6.53. The number of nitrogens with zero attached hydrogens (tertiary/aromatic N) is 4. The molecule has 1 unspecified atom stereocenters. The van der Waals surface area contributed by atoms with Gasteiger partial charge in [0, 0.05) is 55.6 Å². The standard InChI is InChI=1S/C25H30N4O2S/c1-2-31-22-8-4-3-7-21(22)27-13-15-28(16-14-27)25(30)19-6-5-12-29(18-19)24-20-10-17-32-23(20)9-11-26-24/h3-4,7-11,17,19H,2,5-6,12-16,18H2,1H3. The maximum Gasteiger partial charge on any atom is 0.227 e. The van der Waals surface area contributed by atoms with Crippen molar-refractivity contribution in [2.75, 3.05) is 55.7 Å². The van der Waals surface area contributed by atoms with Crippen LogP contribution in [0.2, 0.25) is 0 Å². The van der Waals surface area contributed by atoms with Gasteiger partial charge in [0.05, 0.1) is 18.2 Å². The quantitative estimate of drug-likeness (QED) is 0.581. The largest absolute Gasteiger partial charge is 0.492 e. The fraction of sp³-hybridized carbons (Fsp3) is 0.440. The third-order valence-corrected chi connectivity index (χ3v) is 7.41.